The average Bonchev–Trinajstić information content (AvgIpc) is 3.11. The lowest BCUT2D eigenvalue weighted by atomic mass is 10.1. The number of fused-ring (bicyclic) bond motifs is 1. The minimum absolute atomic E-state index is 0.180. The maximum Gasteiger partial charge on any atom is 0.335 e. The number of aryl methyl sites for hydroxylation is 1. The van der Waals surface area contributed by atoms with E-state index in [1.165, 1.54) is 0 Å². The number of piperazine rings is 1. The number of carboxylic acid groups (broad SMARTS) is 1. The third-order valence-corrected chi connectivity index (χ3v) is 6.24. The molecule has 3 aromatic rings. The molecule has 0 spiro atoms. The highest BCUT2D eigenvalue weighted by Crippen LogP contribution is 2.28. The van der Waals surface area contributed by atoms with Crippen molar-refractivity contribution in [3.8, 4) is 5.69 Å². The fraction of sp³-hybridized carbons (Fsp3) is 0.400. The van der Waals surface area contributed by atoms with Crippen LogP contribution in [-0.2, 0) is 9.53 Å². The number of ether oxygens (including phenoxy) is 1. The molecular formula is C25H30N4O4. The van der Waals surface area contributed by atoms with E-state index < -0.39 is 5.97 Å². The Morgan fingerprint density at radius 3 is 2.45 bits per heavy atom. The summed E-state index contributed by atoms with van der Waals surface area (Å²) >= 11 is 0. The number of carbonyl (C=O) groups is 2. The van der Waals surface area contributed by atoms with Gasteiger partial charge in [-0.15, -0.1) is 0 Å². The van der Waals surface area contributed by atoms with E-state index in [4.69, 9.17) is 4.74 Å². The molecule has 1 N–H and O–H groups in total. The number of hydrogen-bond donors (Lipinski definition) is 1. The van der Waals surface area contributed by atoms with Crippen LogP contribution in [0.25, 0.3) is 16.7 Å². The summed E-state index contributed by atoms with van der Waals surface area (Å²) < 4.78 is 7.19. The third kappa shape index (κ3) is 4.57. The molecule has 1 aliphatic rings. The molecule has 33 heavy (non-hydrogen) atoms. The van der Waals surface area contributed by atoms with E-state index in [9.17, 15) is 14.7 Å². The lowest BCUT2D eigenvalue weighted by molar-refractivity contribution is -0.145. The number of aromatic nitrogens is 2. The Labute approximate surface area is 193 Å². The van der Waals surface area contributed by atoms with E-state index in [-0.39, 0.29) is 23.6 Å². The molecule has 0 saturated carbocycles. The number of anilines is 1. The minimum Gasteiger partial charge on any atom is -0.478 e. The molecule has 8 heteroatoms. The number of rotatable bonds is 6. The van der Waals surface area contributed by atoms with Gasteiger partial charge in [-0.25, -0.2) is 9.78 Å². The fourth-order valence-corrected chi connectivity index (χ4v) is 4.72. The van der Waals surface area contributed by atoms with Gasteiger partial charge in [-0.1, -0.05) is 6.07 Å². The van der Waals surface area contributed by atoms with Crippen LogP contribution in [-0.4, -0.2) is 69.8 Å². The molecule has 0 aliphatic carbocycles. The van der Waals surface area contributed by atoms with Gasteiger partial charge in [0.1, 0.15) is 5.82 Å². The molecule has 0 radical (unpaired) electrons. The molecule has 1 fully saturated rings. The Kier molecular flexibility index (Phi) is 6.37. The van der Waals surface area contributed by atoms with Crippen molar-refractivity contribution in [3.05, 3.63) is 53.9 Å². The van der Waals surface area contributed by atoms with Crippen LogP contribution in [0.15, 0.2) is 42.5 Å². The summed E-state index contributed by atoms with van der Waals surface area (Å²) in [5.41, 5.74) is 3.84. The molecule has 8 nitrogen and oxygen atoms in total. The van der Waals surface area contributed by atoms with Gasteiger partial charge in [-0.05, 0) is 64.1 Å². The second-order valence-corrected chi connectivity index (χ2v) is 8.60. The molecule has 1 saturated heterocycles. The van der Waals surface area contributed by atoms with Crippen molar-refractivity contribution in [2.75, 3.05) is 31.1 Å². The third-order valence-electron chi connectivity index (χ3n) is 6.24. The van der Waals surface area contributed by atoms with Crippen LogP contribution in [0.5, 0.6) is 0 Å². The van der Waals surface area contributed by atoms with Gasteiger partial charge < -0.3 is 14.7 Å². The van der Waals surface area contributed by atoms with E-state index in [0.717, 1.165) is 35.8 Å². The molecule has 2 unspecified atom stereocenters. The number of esters is 1. The summed E-state index contributed by atoms with van der Waals surface area (Å²) in [6.07, 6.45) is 0. The zero-order valence-electron chi connectivity index (χ0n) is 19.5. The number of aromatic carboxylic acids is 1. The van der Waals surface area contributed by atoms with Crippen molar-refractivity contribution < 1.29 is 19.4 Å². The number of carboxylic acids is 1. The van der Waals surface area contributed by atoms with E-state index in [1.807, 2.05) is 36.6 Å². The topological polar surface area (TPSA) is 87.9 Å². The van der Waals surface area contributed by atoms with Gasteiger partial charge in [0, 0.05) is 36.5 Å². The smallest absolute Gasteiger partial charge is 0.335 e. The summed E-state index contributed by atoms with van der Waals surface area (Å²) in [7, 11) is 0. The predicted octanol–water partition coefficient (Wildman–Crippen LogP) is 3.49. The van der Waals surface area contributed by atoms with Crippen LogP contribution in [0.2, 0.25) is 0 Å². The summed E-state index contributed by atoms with van der Waals surface area (Å²) in [5, 5.41) is 9.29. The fourth-order valence-electron chi connectivity index (χ4n) is 4.72. The van der Waals surface area contributed by atoms with Gasteiger partial charge in [-0.3, -0.25) is 14.3 Å². The molecule has 0 amide bonds. The molecule has 1 aromatic heterocycles. The zero-order valence-corrected chi connectivity index (χ0v) is 19.5. The Morgan fingerprint density at radius 2 is 1.79 bits per heavy atom. The Morgan fingerprint density at radius 1 is 1.09 bits per heavy atom. The summed E-state index contributed by atoms with van der Waals surface area (Å²) in [4.78, 5) is 32.5. The monoisotopic (exact) mass is 450 g/mol. The first kappa shape index (κ1) is 22.8. The van der Waals surface area contributed by atoms with Crippen molar-refractivity contribution in [2.45, 2.75) is 39.8 Å². The van der Waals surface area contributed by atoms with Crippen LogP contribution in [0.1, 0.15) is 37.0 Å². The highest BCUT2D eigenvalue weighted by molar-refractivity contribution is 5.93. The van der Waals surface area contributed by atoms with Crippen molar-refractivity contribution in [1.29, 1.82) is 0 Å². The van der Waals surface area contributed by atoms with Gasteiger partial charge in [0.25, 0.3) is 0 Å². The van der Waals surface area contributed by atoms with Crippen LogP contribution >= 0.6 is 0 Å². The Hall–Kier alpha value is -3.39. The van der Waals surface area contributed by atoms with E-state index in [1.54, 1.807) is 12.1 Å². The number of hydrogen-bond acceptors (Lipinski definition) is 6. The molecule has 4 rings (SSSR count). The summed E-state index contributed by atoms with van der Waals surface area (Å²) in [5.74, 6) is -0.345. The lowest BCUT2D eigenvalue weighted by Crippen LogP contribution is -2.58. The maximum absolute atomic E-state index is 12.0. The Balaban J connectivity index is 1.60. The number of carbonyl (C=O) groups excluding carboxylic acids is 1. The second-order valence-electron chi connectivity index (χ2n) is 8.60. The molecular weight excluding hydrogens is 420 g/mol. The molecule has 174 valence electrons. The summed E-state index contributed by atoms with van der Waals surface area (Å²) in [6.45, 7) is 10.3. The summed E-state index contributed by atoms with van der Waals surface area (Å²) in [6, 6.07) is 13.7. The molecule has 2 heterocycles. The molecule has 2 atom stereocenters. The quantitative estimate of drug-likeness (QED) is 0.575. The van der Waals surface area contributed by atoms with Gasteiger partial charge in [0.05, 0.1) is 29.7 Å². The first-order valence-electron chi connectivity index (χ1n) is 11.3. The van der Waals surface area contributed by atoms with Crippen LogP contribution in [0, 0.1) is 6.92 Å². The minimum atomic E-state index is -0.962. The number of benzene rings is 2. The van der Waals surface area contributed by atoms with Crippen molar-refractivity contribution in [3.63, 3.8) is 0 Å². The van der Waals surface area contributed by atoms with Gasteiger partial charge in [0.15, 0.2) is 0 Å². The highest BCUT2D eigenvalue weighted by atomic mass is 16.5. The van der Waals surface area contributed by atoms with Crippen LogP contribution < -0.4 is 4.90 Å². The molecule has 0 bridgehead atoms. The normalized spacial score (nSPS) is 19.1. The lowest BCUT2D eigenvalue weighted by Gasteiger charge is -2.45. The molecule has 2 aromatic carbocycles. The Bertz CT molecular complexity index is 1180. The highest BCUT2D eigenvalue weighted by Gasteiger charge is 2.31. The van der Waals surface area contributed by atoms with E-state index in [0.29, 0.717) is 18.7 Å². The second kappa shape index (κ2) is 9.23. The van der Waals surface area contributed by atoms with Crippen molar-refractivity contribution in [2.24, 2.45) is 0 Å². The maximum atomic E-state index is 12.0. The molecule has 1 aliphatic heterocycles. The van der Waals surface area contributed by atoms with Crippen LogP contribution in [0.4, 0.5) is 5.69 Å². The van der Waals surface area contributed by atoms with Gasteiger partial charge >= 0.3 is 11.9 Å². The SMILES string of the molecule is CCOC(=O)CN1C(C)CN(c2cccc(-n3c(C)nc4cc(C(=O)O)ccc43)c2)CC1C. The number of nitrogens with zero attached hydrogens (tertiary/aromatic N) is 4. The van der Waals surface area contributed by atoms with Crippen molar-refractivity contribution >= 4 is 28.7 Å². The standard InChI is InChI=1S/C25H30N4O4/c1-5-33-24(30)15-28-16(2)13-27(14-17(28)3)20-7-6-8-21(12-20)29-18(4)26-22-11-19(25(31)32)9-10-23(22)29/h6-12,16-17H,5,13-15H2,1-4H3,(H,31,32). The van der Waals surface area contributed by atoms with Crippen LogP contribution in [0.3, 0.4) is 0 Å². The first-order chi connectivity index (χ1) is 15.8. The largest absolute Gasteiger partial charge is 0.478 e. The zero-order chi connectivity index (χ0) is 23.7. The first-order valence-corrected chi connectivity index (χ1v) is 11.3. The van der Waals surface area contributed by atoms with Crippen molar-refractivity contribution in [1.82, 2.24) is 14.5 Å². The van der Waals surface area contributed by atoms with Gasteiger partial charge in [0.2, 0.25) is 0 Å². The van der Waals surface area contributed by atoms with E-state index >= 15 is 0 Å². The predicted molar refractivity (Wildman–Crippen MR) is 127 cm³/mol. The average molecular weight is 451 g/mol. The number of imidazole rings is 1. The van der Waals surface area contributed by atoms with Gasteiger partial charge in [-0.2, -0.15) is 0 Å². The van der Waals surface area contributed by atoms with E-state index in [2.05, 4.69) is 40.8 Å².